The van der Waals surface area contributed by atoms with Crippen LogP contribution in [0.3, 0.4) is 0 Å². The molecule has 0 saturated heterocycles. The van der Waals surface area contributed by atoms with Gasteiger partial charge in [0.15, 0.2) is 11.6 Å². The van der Waals surface area contributed by atoms with E-state index in [0.29, 0.717) is 24.1 Å². The Bertz CT molecular complexity index is 1070. The smallest absolute Gasteiger partial charge is 0.257 e. The number of hydrogen-bond donors (Lipinski definition) is 1. The lowest BCUT2D eigenvalue weighted by atomic mass is 10.0. The number of phenolic OH excluding ortho intramolecular Hbond substituents is 1. The van der Waals surface area contributed by atoms with Gasteiger partial charge >= 0.3 is 0 Å². The van der Waals surface area contributed by atoms with Gasteiger partial charge in [-0.3, -0.25) is 9.36 Å². The Morgan fingerprint density at radius 2 is 1.79 bits per heavy atom. The number of para-hydroxylation sites is 1. The van der Waals surface area contributed by atoms with E-state index in [2.05, 4.69) is 4.98 Å². The first-order valence-electron chi connectivity index (χ1n) is 9.60. The molecule has 0 amide bonds. The van der Waals surface area contributed by atoms with Crippen molar-refractivity contribution in [3.05, 3.63) is 81.3 Å². The summed E-state index contributed by atoms with van der Waals surface area (Å²) >= 11 is 0. The fourth-order valence-electron chi connectivity index (χ4n) is 3.34. The maximum absolute atomic E-state index is 13.9. The third kappa shape index (κ3) is 4.53. The van der Waals surface area contributed by atoms with Gasteiger partial charge in [0.25, 0.3) is 5.56 Å². The first kappa shape index (κ1) is 20.7. The molecule has 3 aromatic rings. The van der Waals surface area contributed by atoms with Crippen molar-refractivity contribution in [2.75, 3.05) is 0 Å². The molecule has 0 aliphatic heterocycles. The van der Waals surface area contributed by atoms with Crippen LogP contribution in [0.4, 0.5) is 8.78 Å². The van der Waals surface area contributed by atoms with Crippen LogP contribution in [0.25, 0.3) is 11.4 Å². The number of phenols is 1. The molecule has 29 heavy (non-hydrogen) atoms. The van der Waals surface area contributed by atoms with E-state index in [1.54, 1.807) is 19.1 Å². The monoisotopic (exact) mass is 398 g/mol. The Morgan fingerprint density at radius 3 is 2.45 bits per heavy atom. The van der Waals surface area contributed by atoms with Crippen LogP contribution in [0.15, 0.2) is 47.3 Å². The minimum Gasteiger partial charge on any atom is -0.504 e. The molecule has 0 radical (unpaired) electrons. The van der Waals surface area contributed by atoms with Gasteiger partial charge in [0, 0.05) is 17.8 Å². The second kappa shape index (κ2) is 8.55. The molecule has 0 saturated carbocycles. The predicted molar refractivity (Wildman–Crippen MR) is 109 cm³/mol. The van der Waals surface area contributed by atoms with Gasteiger partial charge in [0.2, 0.25) is 0 Å². The lowest BCUT2D eigenvalue weighted by Crippen LogP contribution is -2.29. The second-order valence-electron chi connectivity index (χ2n) is 7.57. The van der Waals surface area contributed by atoms with Gasteiger partial charge in [0.1, 0.15) is 11.6 Å². The molecular weight excluding hydrogens is 374 g/mol. The molecule has 2 aromatic carbocycles. The van der Waals surface area contributed by atoms with Crippen molar-refractivity contribution >= 4 is 0 Å². The highest BCUT2D eigenvalue weighted by Gasteiger charge is 2.19. The molecule has 152 valence electrons. The van der Waals surface area contributed by atoms with Gasteiger partial charge in [0.05, 0.1) is 5.56 Å². The fraction of sp³-hybridized carbons (Fsp3) is 0.304. The minimum absolute atomic E-state index is 0.167. The number of rotatable bonds is 6. The van der Waals surface area contributed by atoms with Crippen molar-refractivity contribution in [2.45, 2.75) is 40.2 Å². The summed E-state index contributed by atoms with van der Waals surface area (Å²) in [5.41, 5.74) is 2.00. The molecule has 0 aliphatic carbocycles. The van der Waals surface area contributed by atoms with Crippen molar-refractivity contribution in [2.24, 2.45) is 5.92 Å². The minimum atomic E-state index is -0.772. The first-order valence-corrected chi connectivity index (χ1v) is 9.60. The maximum Gasteiger partial charge on any atom is 0.257 e. The largest absolute Gasteiger partial charge is 0.504 e. The molecule has 0 bridgehead atoms. The van der Waals surface area contributed by atoms with E-state index < -0.39 is 11.6 Å². The number of benzene rings is 2. The Morgan fingerprint density at radius 1 is 1.10 bits per heavy atom. The van der Waals surface area contributed by atoms with Crippen LogP contribution in [0.1, 0.15) is 30.7 Å². The highest BCUT2D eigenvalue weighted by molar-refractivity contribution is 5.64. The van der Waals surface area contributed by atoms with Crippen molar-refractivity contribution in [3.63, 3.8) is 0 Å². The number of nitrogens with zero attached hydrogens (tertiary/aromatic N) is 2. The van der Waals surface area contributed by atoms with E-state index in [9.17, 15) is 18.7 Å². The molecule has 6 heteroatoms. The molecule has 3 rings (SSSR count). The third-order valence-corrected chi connectivity index (χ3v) is 4.85. The van der Waals surface area contributed by atoms with Crippen molar-refractivity contribution in [3.8, 4) is 17.1 Å². The molecule has 0 spiro atoms. The standard InChI is InChI=1S/C23H24F2N2O2/c1-14(2)13-19-15(3)26-22(18-5-4-6-20(25)21(18)28)27(23(19)29)12-11-16-7-9-17(24)10-8-16/h4-10,14,28H,11-13H2,1-3H3. The van der Waals surface area contributed by atoms with Crippen LogP contribution in [0.2, 0.25) is 0 Å². The Labute approximate surface area is 168 Å². The lowest BCUT2D eigenvalue weighted by molar-refractivity contribution is 0.433. The first-order chi connectivity index (χ1) is 13.8. The van der Waals surface area contributed by atoms with Gasteiger partial charge in [-0.25, -0.2) is 13.8 Å². The molecule has 0 atom stereocenters. The lowest BCUT2D eigenvalue weighted by Gasteiger charge is -2.18. The molecule has 0 fully saturated rings. The SMILES string of the molecule is Cc1nc(-c2cccc(F)c2O)n(CCc2ccc(F)cc2)c(=O)c1CC(C)C. The summed E-state index contributed by atoms with van der Waals surface area (Å²) in [5.74, 6) is -1.15. The van der Waals surface area contributed by atoms with Gasteiger partial charge in [-0.05, 0) is 55.5 Å². The van der Waals surface area contributed by atoms with E-state index in [1.807, 2.05) is 13.8 Å². The highest BCUT2D eigenvalue weighted by atomic mass is 19.1. The second-order valence-corrected chi connectivity index (χ2v) is 7.57. The molecule has 0 unspecified atom stereocenters. The predicted octanol–water partition coefficient (Wildman–Crippen LogP) is 4.64. The third-order valence-electron chi connectivity index (χ3n) is 4.85. The van der Waals surface area contributed by atoms with E-state index in [0.717, 1.165) is 11.6 Å². The summed E-state index contributed by atoms with van der Waals surface area (Å²) in [6, 6.07) is 10.2. The molecule has 1 aromatic heterocycles. The highest BCUT2D eigenvalue weighted by Crippen LogP contribution is 2.30. The number of hydrogen-bond acceptors (Lipinski definition) is 3. The van der Waals surface area contributed by atoms with E-state index in [4.69, 9.17) is 0 Å². The maximum atomic E-state index is 13.9. The van der Waals surface area contributed by atoms with Crippen LogP contribution < -0.4 is 5.56 Å². The quantitative estimate of drug-likeness (QED) is 0.658. The Hall–Kier alpha value is -3.02. The van der Waals surface area contributed by atoms with Crippen molar-refractivity contribution in [1.29, 1.82) is 0 Å². The van der Waals surface area contributed by atoms with Crippen LogP contribution in [-0.2, 0) is 19.4 Å². The van der Waals surface area contributed by atoms with Gasteiger partial charge in [-0.15, -0.1) is 0 Å². The molecule has 0 aliphatic rings. The number of aromatic hydroxyl groups is 1. The van der Waals surface area contributed by atoms with Gasteiger partial charge in [-0.1, -0.05) is 32.0 Å². The molecule has 1 N–H and O–H groups in total. The normalized spacial score (nSPS) is 11.2. The van der Waals surface area contributed by atoms with E-state index >= 15 is 0 Å². The van der Waals surface area contributed by atoms with Crippen molar-refractivity contribution < 1.29 is 13.9 Å². The zero-order valence-electron chi connectivity index (χ0n) is 16.7. The summed E-state index contributed by atoms with van der Waals surface area (Å²) in [6.45, 7) is 6.07. The zero-order valence-corrected chi connectivity index (χ0v) is 16.7. The average molecular weight is 398 g/mol. The van der Waals surface area contributed by atoms with Gasteiger partial charge in [-0.2, -0.15) is 0 Å². The zero-order chi connectivity index (χ0) is 21.1. The van der Waals surface area contributed by atoms with Crippen LogP contribution in [-0.4, -0.2) is 14.7 Å². The Balaban J connectivity index is 2.12. The van der Waals surface area contributed by atoms with Crippen molar-refractivity contribution in [1.82, 2.24) is 9.55 Å². The van der Waals surface area contributed by atoms with Crippen LogP contribution in [0.5, 0.6) is 5.75 Å². The molecule has 4 nitrogen and oxygen atoms in total. The van der Waals surface area contributed by atoms with Gasteiger partial charge < -0.3 is 5.11 Å². The average Bonchev–Trinajstić information content (AvgIpc) is 2.67. The topological polar surface area (TPSA) is 55.1 Å². The number of aromatic nitrogens is 2. The summed E-state index contributed by atoms with van der Waals surface area (Å²) < 4.78 is 28.6. The van der Waals surface area contributed by atoms with E-state index in [1.165, 1.54) is 28.8 Å². The summed E-state index contributed by atoms with van der Waals surface area (Å²) in [4.78, 5) is 17.8. The van der Waals surface area contributed by atoms with Crippen LogP contribution in [0, 0.1) is 24.5 Å². The molecule has 1 heterocycles. The Kier molecular flexibility index (Phi) is 6.11. The molecular formula is C23H24F2N2O2. The summed E-state index contributed by atoms with van der Waals surface area (Å²) in [5, 5.41) is 10.2. The fourth-order valence-corrected chi connectivity index (χ4v) is 3.34. The number of halogens is 2. The number of aryl methyl sites for hydroxylation is 2. The summed E-state index contributed by atoms with van der Waals surface area (Å²) in [6.07, 6.45) is 1.04. The van der Waals surface area contributed by atoms with E-state index in [-0.39, 0.29) is 35.2 Å². The van der Waals surface area contributed by atoms with Crippen LogP contribution >= 0.6 is 0 Å². The summed E-state index contributed by atoms with van der Waals surface area (Å²) in [7, 11) is 0.